The molecule has 166 valence electrons. The van der Waals surface area contributed by atoms with Gasteiger partial charge in [-0.3, -0.25) is 4.79 Å². The Morgan fingerprint density at radius 3 is 2.75 bits per heavy atom. The Kier molecular flexibility index (Phi) is 6.87. The molecular weight excluding hydrogens is 402 g/mol. The highest BCUT2D eigenvalue weighted by Gasteiger charge is 2.14. The number of nitrogens with two attached hydrogens (primary N) is 1. The number of nitrogens with one attached hydrogen (secondary N) is 1. The van der Waals surface area contributed by atoms with Crippen molar-refractivity contribution >= 4 is 22.5 Å². The molecule has 4 rings (SSSR count). The highest BCUT2D eigenvalue weighted by molar-refractivity contribution is 5.90. The molecule has 7 heteroatoms. The van der Waals surface area contributed by atoms with E-state index in [2.05, 4.69) is 69.6 Å². The number of amides is 1. The molecule has 0 saturated carbocycles. The van der Waals surface area contributed by atoms with E-state index in [-0.39, 0.29) is 18.3 Å². The first-order valence-electron chi connectivity index (χ1n) is 10.9. The van der Waals surface area contributed by atoms with Crippen LogP contribution in [0.3, 0.4) is 0 Å². The summed E-state index contributed by atoms with van der Waals surface area (Å²) in [5, 5.41) is 14.5. The minimum Gasteiger partial charge on any atom is -0.394 e. The van der Waals surface area contributed by atoms with Crippen molar-refractivity contribution in [1.82, 2.24) is 14.1 Å². The highest BCUT2D eigenvalue weighted by Crippen LogP contribution is 2.22. The van der Waals surface area contributed by atoms with E-state index in [1.54, 1.807) is 17.1 Å². The van der Waals surface area contributed by atoms with E-state index >= 15 is 0 Å². The van der Waals surface area contributed by atoms with E-state index in [1.807, 2.05) is 6.07 Å². The number of aliphatic hydroxyl groups excluding tert-OH is 1. The molecule has 1 atom stereocenters. The van der Waals surface area contributed by atoms with E-state index in [0.717, 1.165) is 37.1 Å². The van der Waals surface area contributed by atoms with Crippen molar-refractivity contribution in [1.29, 1.82) is 0 Å². The maximum atomic E-state index is 11.3. The Hall–Kier alpha value is -3.58. The van der Waals surface area contributed by atoms with Gasteiger partial charge in [0.2, 0.25) is 0 Å². The van der Waals surface area contributed by atoms with Crippen LogP contribution in [0.1, 0.15) is 34.9 Å². The first-order valence-corrected chi connectivity index (χ1v) is 10.9. The van der Waals surface area contributed by atoms with Gasteiger partial charge in [0.05, 0.1) is 24.5 Å². The second kappa shape index (κ2) is 10.2. The van der Waals surface area contributed by atoms with Gasteiger partial charge in [0.1, 0.15) is 5.69 Å². The summed E-state index contributed by atoms with van der Waals surface area (Å²) in [4.78, 5) is 15.3. The highest BCUT2D eigenvalue weighted by atomic mass is 16.3. The van der Waals surface area contributed by atoms with Gasteiger partial charge in [0.25, 0.3) is 5.91 Å². The first-order chi connectivity index (χ1) is 15.6. The number of carbonyl (C=O) groups is 1. The molecule has 0 radical (unpaired) electrons. The van der Waals surface area contributed by atoms with Gasteiger partial charge in [-0.2, -0.15) is 0 Å². The average molecular weight is 432 g/mol. The SMILES string of the molecule is NC(=O)c1cn(C(CO)CCn2ccc3ccc(NCCCc4ccccc4)cc32)cn1. The predicted octanol–water partition coefficient (Wildman–Crippen LogP) is 3.61. The molecule has 0 bridgehead atoms. The van der Waals surface area contributed by atoms with Crippen LogP contribution in [0.4, 0.5) is 5.69 Å². The first kappa shape index (κ1) is 21.6. The fourth-order valence-electron chi connectivity index (χ4n) is 3.95. The number of aryl methyl sites for hydroxylation is 2. The summed E-state index contributed by atoms with van der Waals surface area (Å²) in [5.41, 5.74) is 9.10. The van der Waals surface area contributed by atoms with Crippen LogP contribution in [0.5, 0.6) is 0 Å². The van der Waals surface area contributed by atoms with E-state index in [0.29, 0.717) is 6.42 Å². The Morgan fingerprint density at radius 2 is 2.00 bits per heavy atom. The standard InChI is InChI=1S/C25H29N5O2/c26-25(32)23-16-30(18-28-23)22(17-31)11-14-29-13-10-20-8-9-21(15-24(20)29)27-12-4-7-19-5-2-1-3-6-19/h1-3,5-6,8-10,13,15-16,18,22,27,31H,4,7,11-12,14,17H2,(H2,26,32). The quantitative estimate of drug-likeness (QED) is 0.316. The summed E-state index contributed by atoms with van der Waals surface area (Å²) in [6, 6.07) is 18.9. The molecule has 1 unspecified atom stereocenters. The molecule has 4 N–H and O–H groups in total. The molecule has 1 amide bonds. The Bertz CT molecular complexity index is 1170. The van der Waals surface area contributed by atoms with Gasteiger partial charge >= 0.3 is 0 Å². The Labute approximate surface area is 187 Å². The van der Waals surface area contributed by atoms with Crippen LogP contribution < -0.4 is 11.1 Å². The summed E-state index contributed by atoms with van der Waals surface area (Å²) in [7, 11) is 0. The van der Waals surface area contributed by atoms with Crippen LogP contribution in [0, 0.1) is 0 Å². The number of hydrogen-bond donors (Lipinski definition) is 3. The van der Waals surface area contributed by atoms with Gasteiger partial charge < -0.3 is 25.3 Å². The summed E-state index contributed by atoms with van der Waals surface area (Å²) in [6.45, 7) is 1.61. The summed E-state index contributed by atoms with van der Waals surface area (Å²) in [5.74, 6) is -0.569. The summed E-state index contributed by atoms with van der Waals surface area (Å²) in [6.07, 6.45) is 8.03. The van der Waals surface area contributed by atoms with Gasteiger partial charge in [-0.25, -0.2) is 4.98 Å². The van der Waals surface area contributed by atoms with Crippen molar-refractivity contribution in [2.75, 3.05) is 18.5 Å². The fraction of sp³-hybridized carbons (Fsp3) is 0.280. The Morgan fingerprint density at radius 1 is 1.16 bits per heavy atom. The number of fused-ring (bicyclic) bond motifs is 1. The summed E-state index contributed by atoms with van der Waals surface area (Å²) < 4.78 is 3.95. The normalized spacial score (nSPS) is 12.2. The van der Waals surface area contributed by atoms with E-state index < -0.39 is 5.91 Å². The smallest absolute Gasteiger partial charge is 0.268 e. The zero-order chi connectivity index (χ0) is 22.3. The zero-order valence-corrected chi connectivity index (χ0v) is 18.0. The Balaban J connectivity index is 1.36. The third kappa shape index (κ3) is 5.18. The maximum Gasteiger partial charge on any atom is 0.268 e. The van der Waals surface area contributed by atoms with Crippen molar-refractivity contribution < 1.29 is 9.90 Å². The molecule has 2 aromatic heterocycles. The van der Waals surface area contributed by atoms with Crippen molar-refractivity contribution in [2.24, 2.45) is 5.73 Å². The largest absolute Gasteiger partial charge is 0.394 e. The van der Waals surface area contributed by atoms with Gasteiger partial charge in [-0.15, -0.1) is 0 Å². The van der Waals surface area contributed by atoms with Crippen molar-refractivity contribution in [3.8, 4) is 0 Å². The monoisotopic (exact) mass is 431 g/mol. The molecule has 0 fully saturated rings. The average Bonchev–Trinajstić information content (AvgIpc) is 3.46. The minimum atomic E-state index is -0.569. The van der Waals surface area contributed by atoms with E-state index in [9.17, 15) is 9.90 Å². The third-order valence-electron chi connectivity index (χ3n) is 5.78. The topological polar surface area (TPSA) is 98.1 Å². The number of rotatable bonds is 11. The molecule has 7 nitrogen and oxygen atoms in total. The molecule has 0 aliphatic heterocycles. The predicted molar refractivity (Wildman–Crippen MR) is 127 cm³/mol. The molecule has 2 aromatic carbocycles. The van der Waals surface area contributed by atoms with Crippen molar-refractivity contribution in [3.63, 3.8) is 0 Å². The van der Waals surface area contributed by atoms with Crippen molar-refractivity contribution in [2.45, 2.75) is 31.8 Å². The molecule has 32 heavy (non-hydrogen) atoms. The molecule has 4 aromatic rings. The number of aliphatic hydroxyl groups is 1. The number of imidazole rings is 1. The van der Waals surface area contributed by atoms with E-state index in [4.69, 9.17) is 5.73 Å². The maximum absolute atomic E-state index is 11.3. The number of anilines is 1. The number of hydrogen-bond acceptors (Lipinski definition) is 4. The summed E-state index contributed by atoms with van der Waals surface area (Å²) >= 11 is 0. The van der Waals surface area contributed by atoms with Crippen molar-refractivity contribution in [3.05, 3.63) is 84.6 Å². The van der Waals surface area contributed by atoms with Crippen LogP contribution in [-0.4, -0.2) is 38.3 Å². The number of primary amides is 1. The van der Waals surface area contributed by atoms with Gasteiger partial charge in [0, 0.05) is 31.2 Å². The molecule has 0 saturated heterocycles. The van der Waals surface area contributed by atoms with Crippen LogP contribution in [-0.2, 0) is 13.0 Å². The fourth-order valence-corrected chi connectivity index (χ4v) is 3.95. The lowest BCUT2D eigenvalue weighted by Gasteiger charge is -2.16. The minimum absolute atomic E-state index is 0.0397. The number of carbonyl (C=O) groups excluding carboxylic acids is 1. The lowest BCUT2D eigenvalue weighted by atomic mass is 10.1. The number of benzene rings is 2. The molecule has 0 spiro atoms. The lowest BCUT2D eigenvalue weighted by molar-refractivity contribution is 0.0995. The van der Waals surface area contributed by atoms with Gasteiger partial charge in [-0.05, 0) is 48.4 Å². The molecular formula is C25H29N5O2. The third-order valence-corrected chi connectivity index (χ3v) is 5.78. The van der Waals surface area contributed by atoms with Crippen LogP contribution >= 0.6 is 0 Å². The van der Waals surface area contributed by atoms with Gasteiger partial charge in [-0.1, -0.05) is 36.4 Å². The van der Waals surface area contributed by atoms with E-state index in [1.165, 1.54) is 10.9 Å². The molecule has 0 aliphatic carbocycles. The second-order valence-corrected chi connectivity index (χ2v) is 7.99. The number of nitrogens with zero attached hydrogens (tertiary/aromatic N) is 3. The van der Waals surface area contributed by atoms with Crippen LogP contribution in [0.25, 0.3) is 10.9 Å². The zero-order valence-electron chi connectivity index (χ0n) is 18.0. The molecule has 0 aliphatic rings. The van der Waals surface area contributed by atoms with Gasteiger partial charge in [0.15, 0.2) is 0 Å². The molecule has 2 heterocycles. The lowest BCUT2D eigenvalue weighted by Crippen LogP contribution is -2.15. The second-order valence-electron chi connectivity index (χ2n) is 7.99. The van der Waals surface area contributed by atoms with Crippen LogP contribution in [0.2, 0.25) is 0 Å². The number of aromatic nitrogens is 3. The van der Waals surface area contributed by atoms with Crippen LogP contribution in [0.15, 0.2) is 73.3 Å².